The highest BCUT2D eigenvalue weighted by molar-refractivity contribution is 5.58. The summed E-state index contributed by atoms with van der Waals surface area (Å²) in [7, 11) is 1.63. The molecule has 5 heteroatoms. The van der Waals surface area contributed by atoms with Crippen molar-refractivity contribution >= 4 is 0 Å². The number of halogens is 1. The van der Waals surface area contributed by atoms with Crippen LogP contribution in [0, 0.1) is 5.82 Å². The summed E-state index contributed by atoms with van der Waals surface area (Å²) < 4.78 is 19.7. The van der Waals surface area contributed by atoms with E-state index in [1.54, 1.807) is 23.9 Å². The smallest absolute Gasteiger partial charge is 0.123 e. The van der Waals surface area contributed by atoms with E-state index in [9.17, 15) is 4.39 Å². The Labute approximate surface area is 121 Å². The van der Waals surface area contributed by atoms with Gasteiger partial charge in [0.25, 0.3) is 0 Å². The van der Waals surface area contributed by atoms with Gasteiger partial charge < -0.3 is 4.74 Å². The molecule has 0 fully saturated rings. The second-order valence-electron chi connectivity index (χ2n) is 4.66. The molecule has 2 aromatic carbocycles. The topological polar surface area (TPSA) is 39.9 Å². The van der Waals surface area contributed by atoms with Crippen molar-refractivity contribution in [2.24, 2.45) is 0 Å². The number of aromatic nitrogens is 3. The van der Waals surface area contributed by atoms with E-state index >= 15 is 0 Å². The third-order valence-electron chi connectivity index (χ3n) is 3.18. The summed E-state index contributed by atoms with van der Waals surface area (Å²) in [5, 5.41) is 8.25. The number of nitrogens with zero attached hydrogens (tertiary/aromatic N) is 3. The van der Waals surface area contributed by atoms with Gasteiger partial charge in [-0.1, -0.05) is 17.3 Å². The van der Waals surface area contributed by atoms with E-state index in [4.69, 9.17) is 4.74 Å². The maximum atomic E-state index is 12.9. The lowest BCUT2D eigenvalue weighted by Gasteiger charge is -2.01. The average Bonchev–Trinajstić information content (AvgIpc) is 2.98. The Hall–Kier alpha value is -2.69. The molecular weight excluding hydrogens is 269 g/mol. The van der Waals surface area contributed by atoms with Crippen LogP contribution in [0.15, 0.2) is 54.7 Å². The normalized spacial score (nSPS) is 10.6. The average molecular weight is 283 g/mol. The molecule has 0 aliphatic carbocycles. The van der Waals surface area contributed by atoms with E-state index in [0.29, 0.717) is 6.54 Å². The lowest BCUT2D eigenvalue weighted by molar-refractivity contribution is 0.415. The lowest BCUT2D eigenvalue weighted by Crippen LogP contribution is -2.00. The summed E-state index contributed by atoms with van der Waals surface area (Å²) in [6, 6.07) is 14.0. The fourth-order valence-electron chi connectivity index (χ4n) is 2.05. The predicted molar refractivity (Wildman–Crippen MR) is 77.5 cm³/mol. The first-order valence-corrected chi connectivity index (χ1v) is 6.53. The maximum absolute atomic E-state index is 12.9. The Bertz CT molecular complexity index is 720. The fraction of sp³-hybridized carbons (Fsp3) is 0.125. The lowest BCUT2D eigenvalue weighted by atomic mass is 10.1. The molecule has 0 saturated carbocycles. The zero-order chi connectivity index (χ0) is 14.7. The highest BCUT2D eigenvalue weighted by atomic mass is 19.1. The minimum atomic E-state index is -0.240. The van der Waals surface area contributed by atoms with Crippen LogP contribution in [0.4, 0.5) is 4.39 Å². The summed E-state index contributed by atoms with van der Waals surface area (Å²) in [4.78, 5) is 0. The first-order chi connectivity index (χ1) is 10.2. The van der Waals surface area contributed by atoms with Crippen molar-refractivity contribution in [2.45, 2.75) is 6.54 Å². The van der Waals surface area contributed by atoms with Crippen LogP contribution >= 0.6 is 0 Å². The molecular formula is C16H14FN3O. The van der Waals surface area contributed by atoms with Crippen LogP contribution in [0.1, 0.15) is 5.56 Å². The van der Waals surface area contributed by atoms with Gasteiger partial charge in [-0.2, -0.15) is 0 Å². The molecule has 1 heterocycles. The summed E-state index contributed by atoms with van der Waals surface area (Å²) in [5.41, 5.74) is 2.74. The van der Waals surface area contributed by atoms with Crippen molar-refractivity contribution in [2.75, 3.05) is 7.11 Å². The Morgan fingerprint density at radius 1 is 1.05 bits per heavy atom. The minimum absolute atomic E-state index is 0.240. The zero-order valence-electron chi connectivity index (χ0n) is 11.5. The standard InChI is InChI=1S/C16H14FN3O/c1-21-15-8-4-13(5-9-15)16-11-20(19-18-16)10-12-2-6-14(17)7-3-12/h2-9,11H,10H2,1H3. The number of benzene rings is 2. The van der Waals surface area contributed by atoms with Crippen molar-refractivity contribution in [3.05, 3.63) is 66.1 Å². The van der Waals surface area contributed by atoms with Crippen LogP contribution in [0.25, 0.3) is 11.3 Å². The first-order valence-electron chi connectivity index (χ1n) is 6.53. The van der Waals surface area contributed by atoms with E-state index < -0.39 is 0 Å². The van der Waals surface area contributed by atoms with E-state index in [1.165, 1.54) is 12.1 Å². The first kappa shape index (κ1) is 13.3. The summed E-state index contributed by atoms with van der Waals surface area (Å²) >= 11 is 0. The van der Waals surface area contributed by atoms with Crippen molar-refractivity contribution in [1.82, 2.24) is 15.0 Å². The summed E-state index contributed by atoms with van der Waals surface area (Å²) in [5.74, 6) is 0.564. The molecule has 0 unspecified atom stereocenters. The monoisotopic (exact) mass is 283 g/mol. The second kappa shape index (κ2) is 5.75. The molecule has 0 spiro atoms. The molecule has 0 bridgehead atoms. The van der Waals surface area contributed by atoms with Crippen LogP contribution in [-0.4, -0.2) is 22.1 Å². The molecule has 106 valence electrons. The molecule has 0 saturated heterocycles. The van der Waals surface area contributed by atoms with Gasteiger partial charge in [0.05, 0.1) is 19.9 Å². The number of methoxy groups -OCH3 is 1. The van der Waals surface area contributed by atoms with Gasteiger partial charge in [-0.15, -0.1) is 5.10 Å². The van der Waals surface area contributed by atoms with Gasteiger partial charge in [-0.05, 0) is 42.0 Å². The third kappa shape index (κ3) is 3.08. The molecule has 0 amide bonds. The van der Waals surface area contributed by atoms with Crippen LogP contribution in [0.3, 0.4) is 0 Å². The number of rotatable bonds is 4. The van der Waals surface area contributed by atoms with Crippen LogP contribution < -0.4 is 4.74 Å². The number of hydrogen-bond donors (Lipinski definition) is 0. The van der Waals surface area contributed by atoms with E-state index in [1.807, 2.05) is 30.5 Å². The predicted octanol–water partition coefficient (Wildman–Crippen LogP) is 3.14. The molecule has 3 aromatic rings. The van der Waals surface area contributed by atoms with Crippen LogP contribution in [0.5, 0.6) is 5.75 Å². The Morgan fingerprint density at radius 2 is 1.76 bits per heavy atom. The van der Waals surface area contributed by atoms with Gasteiger partial charge >= 0.3 is 0 Å². The van der Waals surface area contributed by atoms with Gasteiger partial charge in [-0.3, -0.25) is 0 Å². The molecule has 4 nitrogen and oxygen atoms in total. The summed E-state index contributed by atoms with van der Waals surface area (Å²) in [6.07, 6.45) is 1.87. The molecule has 0 radical (unpaired) electrons. The largest absolute Gasteiger partial charge is 0.497 e. The summed E-state index contributed by atoms with van der Waals surface area (Å²) in [6.45, 7) is 0.559. The van der Waals surface area contributed by atoms with Crippen molar-refractivity contribution in [3.8, 4) is 17.0 Å². The zero-order valence-corrected chi connectivity index (χ0v) is 11.5. The molecule has 0 atom stereocenters. The van der Waals surface area contributed by atoms with Gasteiger partial charge in [-0.25, -0.2) is 9.07 Å². The minimum Gasteiger partial charge on any atom is -0.497 e. The number of ether oxygens (including phenoxy) is 1. The molecule has 0 aliphatic heterocycles. The second-order valence-corrected chi connectivity index (χ2v) is 4.66. The van der Waals surface area contributed by atoms with Crippen molar-refractivity contribution < 1.29 is 9.13 Å². The van der Waals surface area contributed by atoms with E-state index in [0.717, 1.165) is 22.6 Å². The Kier molecular flexibility index (Phi) is 3.64. The molecule has 3 rings (SSSR count). The van der Waals surface area contributed by atoms with Gasteiger partial charge in [0.15, 0.2) is 0 Å². The van der Waals surface area contributed by atoms with Gasteiger partial charge in [0, 0.05) is 5.56 Å². The highest BCUT2D eigenvalue weighted by Crippen LogP contribution is 2.20. The molecule has 1 aromatic heterocycles. The van der Waals surface area contributed by atoms with Gasteiger partial charge in [0.1, 0.15) is 17.3 Å². The third-order valence-corrected chi connectivity index (χ3v) is 3.18. The number of hydrogen-bond acceptors (Lipinski definition) is 3. The van der Waals surface area contributed by atoms with E-state index in [2.05, 4.69) is 10.3 Å². The SMILES string of the molecule is COc1ccc(-c2cn(Cc3ccc(F)cc3)nn2)cc1. The highest BCUT2D eigenvalue weighted by Gasteiger charge is 2.05. The molecule has 21 heavy (non-hydrogen) atoms. The molecule has 0 aliphatic rings. The quantitative estimate of drug-likeness (QED) is 0.738. The van der Waals surface area contributed by atoms with E-state index in [-0.39, 0.29) is 5.82 Å². The Balaban J connectivity index is 1.77. The van der Waals surface area contributed by atoms with Crippen LogP contribution in [-0.2, 0) is 6.54 Å². The van der Waals surface area contributed by atoms with Gasteiger partial charge in [0.2, 0.25) is 0 Å². The van der Waals surface area contributed by atoms with Crippen LogP contribution in [0.2, 0.25) is 0 Å². The fourth-order valence-corrected chi connectivity index (χ4v) is 2.05. The maximum Gasteiger partial charge on any atom is 0.123 e. The van der Waals surface area contributed by atoms with Crippen molar-refractivity contribution in [1.29, 1.82) is 0 Å². The Morgan fingerprint density at radius 3 is 2.43 bits per heavy atom. The molecule has 0 N–H and O–H groups in total. The van der Waals surface area contributed by atoms with Crippen molar-refractivity contribution in [3.63, 3.8) is 0 Å².